The van der Waals surface area contributed by atoms with E-state index in [9.17, 15) is 4.79 Å². The minimum atomic E-state index is -0.317. The van der Waals surface area contributed by atoms with Crippen molar-refractivity contribution in [3.8, 4) is 0 Å². The Hall–Kier alpha value is -2.06. The number of H-pyrrole nitrogens is 1. The molecule has 0 aromatic carbocycles. The molecule has 3 heterocycles. The molecule has 2 aromatic heterocycles. The highest BCUT2D eigenvalue weighted by Gasteiger charge is 2.18. The predicted molar refractivity (Wildman–Crippen MR) is 94.3 cm³/mol. The summed E-state index contributed by atoms with van der Waals surface area (Å²) >= 11 is 5.08. The van der Waals surface area contributed by atoms with Gasteiger partial charge in [0, 0.05) is 30.1 Å². The summed E-state index contributed by atoms with van der Waals surface area (Å²) < 4.78 is 9.29. The number of rotatable bonds is 4. The van der Waals surface area contributed by atoms with Crippen LogP contribution in [0, 0.1) is 25.5 Å². The quantitative estimate of drug-likeness (QED) is 0.679. The second-order valence-corrected chi connectivity index (χ2v) is 6.43. The van der Waals surface area contributed by atoms with Gasteiger partial charge in [0.25, 0.3) is 5.56 Å². The molecule has 0 saturated carbocycles. The van der Waals surface area contributed by atoms with Crippen molar-refractivity contribution >= 4 is 18.4 Å². The maximum Gasteiger partial charge on any atom is 0.296 e. The highest BCUT2D eigenvalue weighted by atomic mass is 32.1. The predicted octanol–water partition coefficient (Wildman–Crippen LogP) is 2.09. The molecule has 1 saturated heterocycles. The number of hydrogen-bond donors (Lipinski definition) is 1. The smallest absolute Gasteiger partial charge is 0.296 e. The van der Waals surface area contributed by atoms with Crippen LogP contribution in [0.25, 0.3) is 0 Å². The van der Waals surface area contributed by atoms with E-state index in [0.29, 0.717) is 5.69 Å². The van der Waals surface area contributed by atoms with Crippen LogP contribution in [0.4, 0.5) is 0 Å². The molecule has 128 valence electrons. The monoisotopic (exact) mass is 347 g/mol. The van der Waals surface area contributed by atoms with Crippen molar-refractivity contribution < 1.29 is 4.74 Å². The van der Waals surface area contributed by atoms with E-state index in [1.54, 1.807) is 13.1 Å². The number of nitrogens with zero attached hydrogens (tertiary/aromatic N) is 4. The molecule has 3 rings (SSSR count). The average Bonchev–Trinajstić information content (AvgIpc) is 3.15. The summed E-state index contributed by atoms with van der Waals surface area (Å²) in [4.78, 5) is 12.1. The largest absolute Gasteiger partial charge is 0.376 e. The molecule has 1 N–H and O–H groups in total. The molecule has 1 aliphatic heterocycles. The van der Waals surface area contributed by atoms with Crippen LogP contribution in [0.2, 0.25) is 0 Å². The van der Waals surface area contributed by atoms with Gasteiger partial charge in [0.15, 0.2) is 0 Å². The molecule has 24 heavy (non-hydrogen) atoms. The molecule has 0 bridgehead atoms. The Balaban J connectivity index is 1.90. The number of aryl methyl sites for hydroxylation is 2. The molecule has 0 amide bonds. The fourth-order valence-corrected chi connectivity index (χ4v) is 3.10. The lowest BCUT2D eigenvalue weighted by atomic mass is 10.2. The number of aromatic amines is 1. The van der Waals surface area contributed by atoms with Gasteiger partial charge in [-0.05, 0) is 51.9 Å². The number of nitrogens with one attached hydrogen (secondary N) is 1. The third kappa shape index (κ3) is 3.25. The fourth-order valence-electron chi connectivity index (χ4n) is 2.93. The van der Waals surface area contributed by atoms with Crippen LogP contribution >= 0.6 is 12.2 Å². The Labute approximate surface area is 145 Å². The first-order chi connectivity index (χ1) is 11.5. The minimum absolute atomic E-state index is 0.176. The summed E-state index contributed by atoms with van der Waals surface area (Å²) in [6, 6.07) is 2.06. The van der Waals surface area contributed by atoms with Gasteiger partial charge >= 0.3 is 0 Å². The SMILES string of the molecule is Cc1n[nH]c(=S)n(/N=C\c2cc(C)n(C[C@H]3CCCO3)c2C)c1=O. The first kappa shape index (κ1) is 16.8. The maximum absolute atomic E-state index is 12.1. The van der Waals surface area contributed by atoms with Crippen LogP contribution in [-0.4, -0.2) is 38.4 Å². The topological polar surface area (TPSA) is 77.2 Å². The van der Waals surface area contributed by atoms with Gasteiger partial charge in [-0.1, -0.05) is 0 Å². The van der Waals surface area contributed by atoms with Gasteiger partial charge in [0.05, 0.1) is 12.3 Å². The highest BCUT2D eigenvalue weighted by Crippen LogP contribution is 2.19. The summed E-state index contributed by atoms with van der Waals surface area (Å²) in [6.45, 7) is 7.42. The molecule has 7 nitrogen and oxygen atoms in total. The zero-order valence-electron chi connectivity index (χ0n) is 14.1. The van der Waals surface area contributed by atoms with E-state index in [-0.39, 0.29) is 16.4 Å². The van der Waals surface area contributed by atoms with Gasteiger partial charge < -0.3 is 9.30 Å². The van der Waals surface area contributed by atoms with E-state index in [2.05, 4.69) is 32.9 Å². The average molecular weight is 347 g/mol. The van der Waals surface area contributed by atoms with Crippen molar-refractivity contribution in [3.05, 3.63) is 43.8 Å². The first-order valence-electron chi connectivity index (χ1n) is 7.98. The number of aromatic nitrogens is 4. The molecule has 1 atom stereocenters. The first-order valence-corrected chi connectivity index (χ1v) is 8.39. The van der Waals surface area contributed by atoms with Gasteiger partial charge in [0.1, 0.15) is 5.69 Å². The number of ether oxygens (including phenoxy) is 1. The molecule has 0 unspecified atom stereocenters. The molecule has 8 heteroatoms. The van der Waals surface area contributed by atoms with Crippen molar-refractivity contribution in [2.45, 2.75) is 46.3 Å². The zero-order chi connectivity index (χ0) is 17.3. The Morgan fingerprint density at radius 3 is 3.00 bits per heavy atom. The van der Waals surface area contributed by atoms with Gasteiger partial charge in [0.2, 0.25) is 4.77 Å². The summed E-state index contributed by atoms with van der Waals surface area (Å²) in [7, 11) is 0. The summed E-state index contributed by atoms with van der Waals surface area (Å²) in [5, 5.41) is 10.7. The Morgan fingerprint density at radius 2 is 2.29 bits per heavy atom. The third-order valence-corrected chi connectivity index (χ3v) is 4.61. The summed E-state index contributed by atoms with van der Waals surface area (Å²) in [6.07, 6.45) is 4.17. The van der Waals surface area contributed by atoms with E-state index in [1.807, 2.05) is 6.92 Å². The lowest BCUT2D eigenvalue weighted by Gasteiger charge is -2.14. The van der Waals surface area contributed by atoms with E-state index in [1.165, 1.54) is 0 Å². The minimum Gasteiger partial charge on any atom is -0.376 e. The van der Waals surface area contributed by atoms with Gasteiger partial charge in [-0.25, -0.2) is 0 Å². The fraction of sp³-hybridized carbons (Fsp3) is 0.500. The van der Waals surface area contributed by atoms with Crippen LogP contribution < -0.4 is 5.56 Å². The Bertz CT molecular complexity index is 887. The van der Waals surface area contributed by atoms with Crippen LogP contribution in [0.1, 0.15) is 35.5 Å². The lowest BCUT2D eigenvalue weighted by molar-refractivity contribution is 0.0962. The molecule has 1 fully saturated rings. The van der Waals surface area contributed by atoms with E-state index in [0.717, 1.165) is 47.6 Å². The number of hydrogen-bond acceptors (Lipinski definition) is 5. The van der Waals surface area contributed by atoms with E-state index in [4.69, 9.17) is 17.0 Å². The normalized spacial score (nSPS) is 17.9. The Kier molecular flexibility index (Phi) is 4.77. The molecule has 2 aromatic rings. The summed E-state index contributed by atoms with van der Waals surface area (Å²) in [5.74, 6) is 0. The van der Waals surface area contributed by atoms with Crippen LogP contribution in [0.5, 0.6) is 0 Å². The molecular formula is C16H21N5O2S. The summed E-state index contributed by atoms with van der Waals surface area (Å²) in [5.41, 5.74) is 3.21. The van der Waals surface area contributed by atoms with Crippen molar-refractivity contribution in [2.75, 3.05) is 6.61 Å². The molecule has 0 aliphatic carbocycles. The zero-order valence-corrected chi connectivity index (χ0v) is 14.9. The highest BCUT2D eigenvalue weighted by molar-refractivity contribution is 7.71. The van der Waals surface area contributed by atoms with Crippen molar-refractivity contribution in [1.82, 2.24) is 19.4 Å². The van der Waals surface area contributed by atoms with Crippen molar-refractivity contribution in [1.29, 1.82) is 0 Å². The molecule has 0 radical (unpaired) electrons. The lowest BCUT2D eigenvalue weighted by Crippen LogP contribution is -2.22. The van der Waals surface area contributed by atoms with E-state index >= 15 is 0 Å². The van der Waals surface area contributed by atoms with Crippen LogP contribution in [0.3, 0.4) is 0 Å². The van der Waals surface area contributed by atoms with Gasteiger partial charge in [-0.3, -0.25) is 9.89 Å². The molecule has 0 spiro atoms. The second-order valence-electron chi connectivity index (χ2n) is 6.05. The van der Waals surface area contributed by atoms with Crippen molar-refractivity contribution in [3.63, 3.8) is 0 Å². The maximum atomic E-state index is 12.1. The van der Waals surface area contributed by atoms with E-state index < -0.39 is 0 Å². The standard InChI is InChI=1S/C16H21N5O2S/c1-10-7-13(12(3)20(10)9-14-5-4-6-23-14)8-17-21-15(22)11(2)18-19-16(21)24/h7-8,14H,4-6,9H2,1-3H3,(H,19,24)/b17-8-/t14-/m1/s1. The van der Waals surface area contributed by atoms with Crippen LogP contribution in [0.15, 0.2) is 16.0 Å². The van der Waals surface area contributed by atoms with Gasteiger partial charge in [-0.2, -0.15) is 14.9 Å². The molecule has 1 aliphatic rings. The molecular weight excluding hydrogens is 326 g/mol. The second kappa shape index (κ2) is 6.82. The van der Waals surface area contributed by atoms with Gasteiger partial charge in [-0.15, -0.1) is 0 Å². The van der Waals surface area contributed by atoms with Crippen LogP contribution in [-0.2, 0) is 11.3 Å². The van der Waals surface area contributed by atoms with Crippen molar-refractivity contribution in [2.24, 2.45) is 5.10 Å². The third-order valence-electron chi connectivity index (χ3n) is 4.35. The Morgan fingerprint density at radius 1 is 1.50 bits per heavy atom.